The molecule has 3 aromatic rings. The molecule has 258 valence electrons. The molecule has 2 atom stereocenters. The third kappa shape index (κ3) is 9.61. The van der Waals surface area contributed by atoms with E-state index >= 15 is 4.39 Å². The molecule has 3 N–H and O–H groups in total. The van der Waals surface area contributed by atoms with Crippen LogP contribution in [0.5, 0.6) is 0 Å². The van der Waals surface area contributed by atoms with Crippen LogP contribution < -0.4 is 10.6 Å². The van der Waals surface area contributed by atoms with E-state index in [1.54, 1.807) is 38.3 Å². The molecule has 11 heteroatoms. The van der Waals surface area contributed by atoms with Gasteiger partial charge in [-0.15, -0.1) is 0 Å². The molecule has 0 radical (unpaired) electrons. The van der Waals surface area contributed by atoms with Gasteiger partial charge in [-0.25, -0.2) is 9.37 Å². The van der Waals surface area contributed by atoms with Crippen LogP contribution in [0.4, 0.5) is 4.39 Å². The van der Waals surface area contributed by atoms with E-state index in [9.17, 15) is 19.5 Å². The van der Waals surface area contributed by atoms with Crippen molar-refractivity contribution in [2.75, 3.05) is 26.7 Å². The Hall–Kier alpha value is -3.86. The summed E-state index contributed by atoms with van der Waals surface area (Å²) in [5.41, 5.74) is 4.61. The number of likely N-dealkylation sites (tertiary alicyclic amines) is 1. The maximum Gasteiger partial charge on any atom is 0.305 e. The van der Waals surface area contributed by atoms with Crippen molar-refractivity contribution < 1.29 is 28.6 Å². The average Bonchev–Trinajstić information content (AvgIpc) is 2.98. The molecule has 2 aromatic carbocycles. The number of carboxylic acids is 1. The van der Waals surface area contributed by atoms with E-state index in [-0.39, 0.29) is 23.6 Å². The quantitative estimate of drug-likeness (QED) is 0.175. The summed E-state index contributed by atoms with van der Waals surface area (Å²) in [6, 6.07) is 9.95. The van der Waals surface area contributed by atoms with E-state index in [0.29, 0.717) is 28.7 Å². The summed E-state index contributed by atoms with van der Waals surface area (Å²) >= 11 is 6.24. The molecule has 1 aliphatic rings. The Morgan fingerprint density at radius 3 is 2.38 bits per heavy atom. The first-order valence-electron chi connectivity index (χ1n) is 16.4. The molecule has 48 heavy (non-hydrogen) atoms. The number of benzene rings is 2. The molecule has 1 aliphatic heterocycles. The number of pyridine rings is 1. The van der Waals surface area contributed by atoms with Gasteiger partial charge in [-0.05, 0) is 117 Å². The number of hydrogen-bond acceptors (Lipinski definition) is 6. The third-order valence-corrected chi connectivity index (χ3v) is 8.89. The van der Waals surface area contributed by atoms with Crippen molar-refractivity contribution in [3.8, 4) is 11.1 Å². The second kappa shape index (κ2) is 16.5. The molecule has 0 aliphatic carbocycles. The fourth-order valence-electron chi connectivity index (χ4n) is 6.26. The largest absolute Gasteiger partial charge is 0.481 e. The van der Waals surface area contributed by atoms with Crippen LogP contribution in [0.3, 0.4) is 0 Å². The van der Waals surface area contributed by atoms with Crippen molar-refractivity contribution in [1.82, 2.24) is 20.5 Å². The molecule has 1 aromatic heterocycles. The summed E-state index contributed by atoms with van der Waals surface area (Å²) in [5, 5.41) is 15.9. The highest BCUT2D eigenvalue weighted by molar-refractivity contribution is 6.30. The Labute approximate surface area is 287 Å². The lowest BCUT2D eigenvalue weighted by Crippen LogP contribution is -2.51. The first-order valence-corrected chi connectivity index (χ1v) is 16.7. The number of ether oxygens (including phenoxy) is 1. The van der Waals surface area contributed by atoms with Crippen LogP contribution in [0, 0.1) is 32.5 Å². The van der Waals surface area contributed by atoms with E-state index in [1.165, 1.54) is 0 Å². The van der Waals surface area contributed by atoms with Crippen LogP contribution in [0.2, 0.25) is 5.02 Å². The molecule has 1 fully saturated rings. The zero-order valence-electron chi connectivity index (χ0n) is 28.5. The first-order chi connectivity index (χ1) is 22.7. The van der Waals surface area contributed by atoms with Gasteiger partial charge in [0, 0.05) is 36.5 Å². The van der Waals surface area contributed by atoms with Gasteiger partial charge in [0.1, 0.15) is 17.6 Å². The number of carbonyl (C=O) groups is 3. The SMILES string of the molecule is COC1CN(CCCc2cccc(C(=O)N[C@@H](CC(C)C)C(=O)N[C@@H](CC(=O)O)c3cc(-c4c(C)cc(Cl)cc4C)cc(C)c3F)n2)C1. The number of carboxylic acid groups (broad SMARTS) is 1. The number of carbonyl (C=O) groups excluding carboxylic acids is 2. The van der Waals surface area contributed by atoms with Crippen LogP contribution in [-0.4, -0.2) is 71.7 Å². The highest BCUT2D eigenvalue weighted by Crippen LogP contribution is 2.34. The first kappa shape index (κ1) is 37.0. The van der Waals surface area contributed by atoms with Crippen molar-refractivity contribution in [3.05, 3.63) is 86.9 Å². The number of halogens is 2. The lowest BCUT2D eigenvalue weighted by molar-refractivity contribution is -0.137. The minimum absolute atomic E-state index is 0.00985. The molecule has 2 heterocycles. The van der Waals surface area contributed by atoms with Crippen LogP contribution in [0.15, 0.2) is 42.5 Å². The third-order valence-electron chi connectivity index (χ3n) is 8.67. The van der Waals surface area contributed by atoms with Gasteiger partial charge in [0.2, 0.25) is 5.91 Å². The number of aryl methyl sites for hydroxylation is 4. The van der Waals surface area contributed by atoms with Gasteiger partial charge in [0.25, 0.3) is 5.91 Å². The summed E-state index contributed by atoms with van der Waals surface area (Å²) in [7, 11) is 1.72. The molecule has 0 saturated carbocycles. The second-order valence-electron chi connectivity index (χ2n) is 13.2. The van der Waals surface area contributed by atoms with Crippen molar-refractivity contribution in [1.29, 1.82) is 0 Å². The number of nitrogens with zero attached hydrogens (tertiary/aromatic N) is 2. The number of amides is 2. The van der Waals surface area contributed by atoms with E-state index in [2.05, 4.69) is 20.5 Å². The van der Waals surface area contributed by atoms with Gasteiger partial charge in [-0.2, -0.15) is 0 Å². The Morgan fingerprint density at radius 1 is 1.06 bits per heavy atom. The van der Waals surface area contributed by atoms with Crippen molar-refractivity contribution in [2.45, 2.75) is 78.5 Å². The summed E-state index contributed by atoms with van der Waals surface area (Å²) in [5.74, 6) is -2.93. The number of rotatable bonds is 15. The number of nitrogens with one attached hydrogen (secondary N) is 2. The molecule has 0 bridgehead atoms. The Balaban J connectivity index is 1.53. The minimum atomic E-state index is -1.21. The van der Waals surface area contributed by atoms with Gasteiger partial charge in [-0.3, -0.25) is 19.3 Å². The zero-order valence-corrected chi connectivity index (χ0v) is 29.3. The summed E-state index contributed by atoms with van der Waals surface area (Å²) in [4.78, 5) is 46.0. The summed E-state index contributed by atoms with van der Waals surface area (Å²) in [6.45, 7) is 12.0. The lowest BCUT2D eigenvalue weighted by Gasteiger charge is -2.38. The zero-order chi connectivity index (χ0) is 35.1. The van der Waals surface area contributed by atoms with Gasteiger partial charge in [-0.1, -0.05) is 31.5 Å². The van der Waals surface area contributed by atoms with Crippen LogP contribution in [0.1, 0.15) is 77.6 Å². The number of methoxy groups -OCH3 is 1. The fourth-order valence-corrected chi connectivity index (χ4v) is 6.59. The van der Waals surface area contributed by atoms with Gasteiger partial charge in [0.15, 0.2) is 0 Å². The van der Waals surface area contributed by atoms with Gasteiger partial charge < -0.3 is 20.5 Å². The van der Waals surface area contributed by atoms with Crippen molar-refractivity contribution in [3.63, 3.8) is 0 Å². The molecule has 4 rings (SSSR count). The standard InChI is InChI=1S/C37H46ClFN4O5/c1-21(2)13-32(42-36(46)30-11-7-9-27(40-30)10-8-12-43-19-28(20-43)48-6)37(47)41-31(18-33(44)45)29-17-25(14-24(5)35(29)39)34-22(3)15-26(38)16-23(34)4/h7,9,11,14-17,21,28,31-32H,8,10,12-13,18-20H2,1-6H3,(H,41,47)(H,42,46)(H,44,45)/t31-,32-/m0/s1. The van der Waals surface area contributed by atoms with Gasteiger partial charge in [0.05, 0.1) is 18.6 Å². The highest BCUT2D eigenvalue weighted by atomic mass is 35.5. The minimum Gasteiger partial charge on any atom is -0.481 e. The van der Waals surface area contributed by atoms with Crippen LogP contribution in [0.25, 0.3) is 11.1 Å². The Bertz CT molecular complexity index is 1620. The predicted octanol–water partition coefficient (Wildman–Crippen LogP) is 6.21. The molecule has 0 unspecified atom stereocenters. The van der Waals surface area contributed by atoms with Crippen molar-refractivity contribution >= 4 is 29.4 Å². The van der Waals surface area contributed by atoms with Gasteiger partial charge >= 0.3 is 5.97 Å². The molecular weight excluding hydrogens is 635 g/mol. The van der Waals surface area contributed by atoms with Crippen LogP contribution >= 0.6 is 11.6 Å². The molecule has 1 saturated heterocycles. The molecular formula is C37H46ClFN4O5. The smallest absolute Gasteiger partial charge is 0.305 e. The monoisotopic (exact) mass is 680 g/mol. The van der Waals surface area contributed by atoms with E-state index < -0.39 is 42.1 Å². The maximum absolute atomic E-state index is 15.7. The maximum atomic E-state index is 15.7. The molecule has 0 spiro atoms. The van der Waals surface area contributed by atoms with E-state index in [0.717, 1.165) is 48.4 Å². The fraction of sp³-hybridized carbons (Fsp3) is 0.459. The Morgan fingerprint density at radius 2 is 1.75 bits per heavy atom. The van der Waals surface area contributed by atoms with E-state index in [4.69, 9.17) is 16.3 Å². The topological polar surface area (TPSA) is 121 Å². The normalized spacial score (nSPS) is 14.8. The number of hydrogen-bond donors (Lipinski definition) is 3. The summed E-state index contributed by atoms with van der Waals surface area (Å²) in [6.07, 6.45) is 1.59. The number of aliphatic carboxylic acids is 1. The average molecular weight is 681 g/mol. The second-order valence-corrected chi connectivity index (χ2v) is 13.6. The molecule has 2 amide bonds. The van der Waals surface area contributed by atoms with E-state index in [1.807, 2.05) is 45.9 Å². The predicted molar refractivity (Wildman–Crippen MR) is 185 cm³/mol. The van der Waals surface area contributed by atoms with Crippen LogP contribution in [-0.2, 0) is 20.7 Å². The number of aromatic nitrogens is 1. The Kier molecular flexibility index (Phi) is 12.7. The summed E-state index contributed by atoms with van der Waals surface area (Å²) < 4.78 is 21.1. The molecule has 9 nitrogen and oxygen atoms in total. The van der Waals surface area contributed by atoms with Crippen molar-refractivity contribution in [2.24, 2.45) is 5.92 Å². The highest BCUT2D eigenvalue weighted by Gasteiger charge is 2.29. The lowest BCUT2D eigenvalue weighted by atomic mass is 9.90.